The summed E-state index contributed by atoms with van der Waals surface area (Å²) in [6, 6.07) is 0. The van der Waals surface area contributed by atoms with Crippen LogP contribution in [0, 0.1) is 5.92 Å². The van der Waals surface area contributed by atoms with E-state index in [1.807, 2.05) is 0 Å². The van der Waals surface area contributed by atoms with Gasteiger partial charge in [-0.25, -0.2) is 16.8 Å². The molecule has 0 N–H and O–H groups in total. The standard InChI is InChI=1S/C10H16.2CHF3O3S.Ru/c1-6-7(2)9(4)10(5)8(6)3;2*2-1(3,4)8(5,6)7;/h6H,1-5H3;2*(H,5,6,7);/q;;;+2/p-2. The molecule has 162 valence electrons. The molecule has 6 nitrogen and oxygen atoms in total. The van der Waals surface area contributed by atoms with E-state index in [1.54, 1.807) is 11.1 Å². The summed E-state index contributed by atoms with van der Waals surface area (Å²) in [5.41, 5.74) is -5.18. The third-order valence-electron chi connectivity index (χ3n) is 3.61. The van der Waals surface area contributed by atoms with Gasteiger partial charge in [-0.2, -0.15) is 26.3 Å². The third kappa shape index (κ3) is 10.0. The molecule has 0 amide bonds. The van der Waals surface area contributed by atoms with Crippen LogP contribution in [-0.4, -0.2) is 37.0 Å². The van der Waals surface area contributed by atoms with Crippen molar-refractivity contribution in [2.45, 2.75) is 45.6 Å². The number of alkyl halides is 6. The molecule has 27 heavy (non-hydrogen) atoms. The summed E-state index contributed by atoms with van der Waals surface area (Å²) in [4.78, 5) is 0. The first-order chi connectivity index (χ1) is 11.1. The van der Waals surface area contributed by atoms with Crippen molar-refractivity contribution >= 4 is 20.2 Å². The van der Waals surface area contributed by atoms with E-state index in [-0.39, 0.29) is 19.5 Å². The van der Waals surface area contributed by atoms with Crippen LogP contribution in [0.2, 0.25) is 0 Å². The molecule has 0 aromatic heterocycles. The first kappa shape index (κ1) is 31.2. The topological polar surface area (TPSA) is 114 Å². The summed E-state index contributed by atoms with van der Waals surface area (Å²) in [5.74, 6) is 0.694. The second kappa shape index (κ2) is 10.3. The van der Waals surface area contributed by atoms with Gasteiger partial charge in [0.2, 0.25) is 0 Å². The van der Waals surface area contributed by atoms with Gasteiger partial charge in [-0.1, -0.05) is 18.1 Å². The van der Waals surface area contributed by atoms with E-state index in [4.69, 9.17) is 25.9 Å². The van der Waals surface area contributed by atoms with Crippen molar-refractivity contribution in [1.82, 2.24) is 0 Å². The van der Waals surface area contributed by atoms with Crippen molar-refractivity contribution in [2.75, 3.05) is 0 Å². The molecule has 15 heteroatoms. The zero-order valence-corrected chi connectivity index (χ0v) is 17.8. The van der Waals surface area contributed by atoms with Crippen molar-refractivity contribution in [3.63, 3.8) is 0 Å². The fourth-order valence-corrected chi connectivity index (χ4v) is 1.57. The van der Waals surface area contributed by atoms with Gasteiger partial charge in [-0.3, -0.25) is 0 Å². The fraction of sp³-hybridized carbons (Fsp3) is 0.667. The molecular weight excluding hydrogens is 519 g/mol. The first-order valence-corrected chi connectivity index (χ1v) is 9.26. The van der Waals surface area contributed by atoms with Gasteiger partial charge in [0.15, 0.2) is 20.2 Å². The molecule has 0 saturated heterocycles. The zero-order chi connectivity index (χ0) is 21.9. The first-order valence-electron chi connectivity index (χ1n) is 6.45. The monoisotopic (exact) mass is 536 g/mol. The Balaban J connectivity index is -0.000000318. The summed E-state index contributed by atoms with van der Waals surface area (Å²) in [6.45, 7) is 11.2. The minimum Gasteiger partial charge on any atom is -0.741 e. The predicted molar refractivity (Wildman–Crippen MR) is 77.4 cm³/mol. The maximum Gasteiger partial charge on any atom is 2.00 e. The van der Waals surface area contributed by atoms with E-state index in [1.165, 1.54) is 11.1 Å². The Kier molecular flexibility index (Phi) is 11.9. The molecule has 0 heterocycles. The van der Waals surface area contributed by atoms with Gasteiger partial charge < -0.3 is 9.11 Å². The van der Waals surface area contributed by atoms with Crippen LogP contribution in [0.5, 0.6) is 0 Å². The van der Waals surface area contributed by atoms with Crippen LogP contribution in [0.1, 0.15) is 34.6 Å². The quantitative estimate of drug-likeness (QED) is 0.203. The van der Waals surface area contributed by atoms with Crippen LogP contribution in [-0.2, 0) is 39.7 Å². The summed E-state index contributed by atoms with van der Waals surface area (Å²) >= 11 is 0. The number of rotatable bonds is 0. The Labute approximate surface area is 166 Å². The molecule has 1 rings (SSSR count). The second-order valence-electron chi connectivity index (χ2n) is 5.14. The van der Waals surface area contributed by atoms with Crippen LogP contribution in [0.3, 0.4) is 0 Å². The predicted octanol–water partition coefficient (Wildman–Crippen LogP) is 3.41. The summed E-state index contributed by atoms with van der Waals surface area (Å²) < 4.78 is 118. The molecule has 0 aliphatic heterocycles. The van der Waals surface area contributed by atoms with Gasteiger partial charge in [-0.15, -0.1) is 0 Å². The van der Waals surface area contributed by atoms with Gasteiger partial charge in [0, 0.05) is 0 Å². The van der Waals surface area contributed by atoms with Gasteiger partial charge >= 0.3 is 30.5 Å². The molecule has 0 atom stereocenters. The Morgan fingerprint density at radius 2 is 0.852 bits per heavy atom. The van der Waals surface area contributed by atoms with E-state index in [0.29, 0.717) is 5.92 Å². The van der Waals surface area contributed by atoms with Crippen LogP contribution >= 0.6 is 0 Å². The molecule has 0 bridgehead atoms. The summed E-state index contributed by atoms with van der Waals surface area (Å²) in [7, 11) is -12.2. The van der Waals surface area contributed by atoms with Crippen molar-refractivity contribution in [3.8, 4) is 0 Å². The number of hydrogen-bond acceptors (Lipinski definition) is 6. The molecule has 0 aromatic rings. The van der Waals surface area contributed by atoms with Gasteiger partial charge in [0.25, 0.3) is 0 Å². The van der Waals surface area contributed by atoms with Crippen LogP contribution in [0.15, 0.2) is 22.3 Å². The number of halogens is 6. The van der Waals surface area contributed by atoms with Gasteiger partial charge in [-0.05, 0) is 44.8 Å². The number of allylic oxidation sites excluding steroid dienone is 4. The van der Waals surface area contributed by atoms with E-state index in [9.17, 15) is 26.3 Å². The van der Waals surface area contributed by atoms with Crippen LogP contribution < -0.4 is 0 Å². The largest absolute Gasteiger partial charge is 2.00 e. The Morgan fingerprint density at radius 1 is 0.704 bits per heavy atom. The minimum atomic E-state index is -6.09. The molecule has 0 spiro atoms. The second-order valence-corrected chi connectivity index (χ2v) is 7.88. The van der Waals surface area contributed by atoms with Crippen molar-refractivity contribution in [2.24, 2.45) is 5.92 Å². The third-order valence-corrected chi connectivity index (χ3v) is 4.75. The van der Waals surface area contributed by atoms with E-state index in [0.717, 1.165) is 0 Å². The van der Waals surface area contributed by atoms with E-state index >= 15 is 0 Å². The van der Waals surface area contributed by atoms with Crippen LogP contribution in [0.4, 0.5) is 26.3 Å². The molecular formula is C12H16F6O6RuS2. The molecule has 1 aliphatic carbocycles. The smallest absolute Gasteiger partial charge is 0.741 e. The normalized spacial score (nSPS) is 16.2. The molecule has 0 radical (unpaired) electrons. The molecule has 0 aromatic carbocycles. The van der Waals surface area contributed by atoms with E-state index in [2.05, 4.69) is 34.6 Å². The maximum absolute atomic E-state index is 10.7. The van der Waals surface area contributed by atoms with Crippen molar-refractivity contribution < 1.29 is 71.8 Å². The molecule has 1 aliphatic rings. The van der Waals surface area contributed by atoms with E-state index < -0.39 is 31.3 Å². The minimum absolute atomic E-state index is 0. The maximum atomic E-state index is 10.7. The molecule has 0 unspecified atom stereocenters. The number of hydrogen-bond donors (Lipinski definition) is 0. The summed E-state index contributed by atoms with van der Waals surface area (Å²) in [5, 5.41) is 0. The SMILES string of the molecule is CC1=C(C)C(C)C(C)=C1C.O=S(=O)([O-])C(F)(F)F.O=S(=O)([O-])C(F)(F)F.[Ru+2]. The van der Waals surface area contributed by atoms with Gasteiger partial charge in [0.05, 0.1) is 0 Å². The Morgan fingerprint density at radius 3 is 0.889 bits per heavy atom. The average Bonchev–Trinajstić information content (AvgIpc) is 2.54. The zero-order valence-electron chi connectivity index (χ0n) is 14.5. The Bertz CT molecular complexity index is 712. The van der Waals surface area contributed by atoms with Crippen LogP contribution in [0.25, 0.3) is 0 Å². The molecule has 0 saturated carbocycles. The average molecular weight is 535 g/mol. The van der Waals surface area contributed by atoms with Crippen molar-refractivity contribution in [1.29, 1.82) is 0 Å². The Hall–Kier alpha value is -0.497. The summed E-state index contributed by atoms with van der Waals surface area (Å²) in [6.07, 6.45) is 0. The fourth-order valence-electron chi connectivity index (χ4n) is 1.57. The molecule has 0 fully saturated rings. The van der Waals surface area contributed by atoms with Crippen molar-refractivity contribution in [3.05, 3.63) is 22.3 Å². The van der Waals surface area contributed by atoms with Gasteiger partial charge in [0.1, 0.15) is 0 Å².